The minimum atomic E-state index is -0.891. The molecule has 0 bridgehead atoms. The summed E-state index contributed by atoms with van der Waals surface area (Å²) in [6.07, 6.45) is 1.69. The van der Waals surface area contributed by atoms with Crippen molar-refractivity contribution in [3.05, 3.63) is 66.4 Å². The van der Waals surface area contributed by atoms with Gasteiger partial charge in [0.2, 0.25) is 0 Å². The largest absolute Gasteiger partial charge is 0.491 e. The van der Waals surface area contributed by atoms with Gasteiger partial charge in [-0.3, -0.25) is 0 Å². The van der Waals surface area contributed by atoms with Crippen LogP contribution in [0, 0.1) is 11.6 Å². The molecular formula is C21H17F2N3O. The number of fused-ring (bicyclic) bond motifs is 1. The number of aromatic amines is 1. The van der Waals surface area contributed by atoms with Crippen LogP contribution in [0.2, 0.25) is 0 Å². The van der Waals surface area contributed by atoms with E-state index in [1.54, 1.807) is 12.3 Å². The summed E-state index contributed by atoms with van der Waals surface area (Å²) < 4.78 is 32.4. The second kappa shape index (κ2) is 6.79. The van der Waals surface area contributed by atoms with E-state index < -0.39 is 11.6 Å². The fourth-order valence-corrected chi connectivity index (χ4v) is 2.85. The number of halogens is 2. The second-order valence-corrected chi connectivity index (χ2v) is 6.50. The minimum Gasteiger partial charge on any atom is -0.491 e. The normalized spacial score (nSPS) is 11.3. The van der Waals surface area contributed by atoms with Gasteiger partial charge < -0.3 is 9.72 Å². The molecule has 0 unspecified atom stereocenters. The summed E-state index contributed by atoms with van der Waals surface area (Å²) in [7, 11) is 0. The van der Waals surface area contributed by atoms with Crippen molar-refractivity contribution >= 4 is 11.2 Å². The monoisotopic (exact) mass is 365 g/mol. The Hall–Kier alpha value is -3.28. The number of nitrogens with one attached hydrogen (secondary N) is 1. The number of ether oxygens (including phenoxy) is 1. The maximum absolute atomic E-state index is 13.5. The van der Waals surface area contributed by atoms with Gasteiger partial charge in [-0.2, -0.15) is 0 Å². The zero-order chi connectivity index (χ0) is 19.0. The summed E-state index contributed by atoms with van der Waals surface area (Å²) in [6, 6.07) is 13.2. The molecule has 4 aromatic rings. The standard InChI is InChI=1S/C21H17F2N3O/c1-12(2)27-16-5-3-4-14(8-16)20-25-19-10-15(11-24-21(19)26-20)13-6-7-17(22)18(23)9-13/h3-12H,1-2H3,(H,24,25,26). The van der Waals surface area contributed by atoms with E-state index in [1.165, 1.54) is 6.07 Å². The average molecular weight is 365 g/mol. The van der Waals surface area contributed by atoms with Gasteiger partial charge in [0.25, 0.3) is 0 Å². The third-order valence-corrected chi connectivity index (χ3v) is 4.07. The van der Waals surface area contributed by atoms with Gasteiger partial charge in [0.15, 0.2) is 17.3 Å². The predicted octanol–water partition coefficient (Wildman–Crippen LogP) is 5.36. The van der Waals surface area contributed by atoms with Gasteiger partial charge in [-0.15, -0.1) is 0 Å². The first-order valence-corrected chi connectivity index (χ1v) is 8.58. The molecule has 0 aliphatic heterocycles. The van der Waals surface area contributed by atoms with E-state index in [0.717, 1.165) is 23.4 Å². The fourth-order valence-electron chi connectivity index (χ4n) is 2.85. The molecule has 4 rings (SSSR count). The molecule has 0 spiro atoms. The minimum absolute atomic E-state index is 0.0799. The summed E-state index contributed by atoms with van der Waals surface area (Å²) in [5, 5.41) is 0. The Morgan fingerprint density at radius 2 is 1.78 bits per heavy atom. The molecule has 2 aromatic heterocycles. The lowest BCUT2D eigenvalue weighted by molar-refractivity contribution is 0.242. The number of imidazole rings is 1. The zero-order valence-electron chi connectivity index (χ0n) is 14.8. The number of nitrogens with zero attached hydrogens (tertiary/aromatic N) is 2. The van der Waals surface area contributed by atoms with Crippen molar-refractivity contribution in [1.29, 1.82) is 0 Å². The molecule has 136 valence electrons. The number of rotatable bonds is 4. The third-order valence-electron chi connectivity index (χ3n) is 4.07. The lowest BCUT2D eigenvalue weighted by Gasteiger charge is -2.09. The smallest absolute Gasteiger partial charge is 0.159 e. The number of benzene rings is 2. The van der Waals surface area contributed by atoms with Gasteiger partial charge in [-0.05, 0) is 49.7 Å². The Bertz CT molecular complexity index is 1120. The van der Waals surface area contributed by atoms with Crippen molar-refractivity contribution in [2.45, 2.75) is 20.0 Å². The third kappa shape index (κ3) is 3.51. The molecule has 0 aliphatic rings. The van der Waals surface area contributed by atoms with Crippen LogP contribution in [0.15, 0.2) is 54.7 Å². The highest BCUT2D eigenvalue weighted by Crippen LogP contribution is 2.27. The summed E-state index contributed by atoms with van der Waals surface area (Å²) >= 11 is 0. The van der Waals surface area contributed by atoms with Crippen LogP contribution in [0.1, 0.15) is 13.8 Å². The Morgan fingerprint density at radius 3 is 2.56 bits per heavy atom. The van der Waals surface area contributed by atoms with E-state index in [9.17, 15) is 8.78 Å². The maximum Gasteiger partial charge on any atom is 0.159 e. The van der Waals surface area contributed by atoms with Crippen molar-refractivity contribution in [3.63, 3.8) is 0 Å². The van der Waals surface area contributed by atoms with Crippen LogP contribution in [0.4, 0.5) is 8.78 Å². The molecule has 6 heteroatoms. The van der Waals surface area contributed by atoms with Gasteiger partial charge >= 0.3 is 0 Å². The number of H-pyrrole nitrogens is 1. The molecule has 0 saturated heterocycles. The quantitative estimate of drug-likeness (QED) is 0.530. The van der Waals surface area contributed by atoms with Crippen molar-refractivity contribution < 1.29 is 13.5 Å². The molecule has 0 amide bonds. The Labute approximate surface area is 154 Å². The molecule has 0 aliphatic carbocycles. The van der Waals surface area contributed by atoms with E-state index in [1.807, 2.05) is 38.1 Å². The Kier molecular flexibility index (Phi) is 4.32. The van der Waals surface area contributed by atoms with Crippen LogP contribution in [0.5, 0.6) is 5.75 Å². The second-order valence-electron chi connectivity index (χ2n) is 6.50. The van der Waals surface area contributed by atoms with Crippen LogP contribution in [-0.4, -0.2) is 21.1 Å². The molecule has 1 N–H and O–H groups in total. The summed E-state index contributed by atoms with van der Waals surface area (Å²) in [4.78, 5) is 12.1. The number of pyridine rings is 1. The van der Waals surface area contributed by atoms with E-state index in [-0.39, 0.29) is 6.10 Å². The summed E-state index contributed by atoms with van der Waals surface area (Å²) in [5.41, 5.74) is 3.34. The molecule has 27 heavy (non-hydrogen) atoms. The highest BCUT2D eigenvalue weighted by Gasteiger charge is 2.11. The van der Waals surface area contributed by atoms with Crippen molar-refractivity contribution in [2.24, 2.45) is 0 Å². The lowest BCUT2D eigenvalue weighted by atomic mass is 10.1. The molecule has 0 radical (unpaired) electrons. The van der Waals surface area contributed by atoms with E-state index in [2.05, 4.69) is 15.0 Å². The number of hydrogen-bond acceptors (Lipinski definition) is 3. The lowest BCUT2D eigenvalue weighted by Crippen LogP contribution is -2.05. The first kappa shape index (κ1) is 17.1. The summed E-state index contributed by atoms with van der Waals surface area (Å²) in [6.45, 7) is 3.94. The molecule has 0 atom stereocenters. The fraction of sp³-hybridized carbons (Fsp3) is 0.143. The van der Waals surface area contributed by atoms with Gasteiger partial charge in [-0.1, -0.05) is 18.2 Å². The van der Waals surface area contributed by atoms with Crippen LogP contribution in [0.3, 0.4) is 0 Å². The zero-order valence-corrected chi connectivity index (χ0v) is 14.8. The first-order valence-electron chi connectivity index (χ1n) is 8.58. The highest BCUT2D eigenvalue weighted by molar-refractivity contribution is 5.81. The molecule has 0 saturated carbocycles. The highest BCUT2D eigenvalue weighted by atomic mass is 19.2. The predicted molar refractivity (Wildman–Crippen MR) is 100 cm³/mol. The molecule has 0 fully saturated rings. The van der Waals surface area contributed by atoms with Crippen molar-refractivity contribution in [2.75, 3.05) is 0 Å². The van der Waals surface area contributed by atoms with Gasteiger partial charge in [0.05, 0.1) is 6.10 Å². The van der Waals surface area contributed by atoms with Crippen molar-refractivity contribution in [3.8, 4) is 28.3 Å². The van der Waals surface area contributed by atoms with Gasteiger partial charge in [0, 0.05) is 17.3 Å². The topological polar surface area (TPSA) is 50.8 Å². The first-order chi connectivity index (χ1) is 13.0. The van der Waals surface area contributed by atoms with Crippen LogP contribution >= 0.6 is 0 Å². The SMILES string of the molecule is CC(C)Oc1cccc(-c2nc3cc(-c4ccc(F)c(F)c4)cnc3[nH]2)c1. The molecule has 4 nitrogen and oxygen atoms in total. The maximum atomic E-state index is 13.5. The average Bonchev–Trinajstić information content (AvgIpc) is 3.07. The molecule has 2 aromatic carbocycles. The van der Waals surface area contributed by atoms with E-state index >= 15 is 0 Å². The van der Waals surface area contributed by atoms with Crippen LogP contribution in [0.25, 0.3) is 33.7 Å². The van der Waals surface area contributed by atoms with E-state index in [0.29, 0.717) is 28.1 Å². The molecular weight excluding hydrogens is 348 g/mol. The summed E-state index contributed by atoms with van der Waals surface area (Å²) in [5.74, 6) is -0.344. The Morgan fingerprint density at radius 1 is 0.926 bits per heavy atom. The Balaban J connectivity index is 1.72. The van der Waals surface area contributed by atoms with Crippen LogP contribution < -0.4 is 4.74 Å². The van der Waals surface area contributed by atoms with Crippen LogP contribution in [-0.2, 0) is 0 Å². The number of aromatic nitrogens is 3. The van der Waals surface area contributed by atoms with Gasteiger partial charge in [-0.25, -0.2) is 18.7 Å². The van der Waals surface area contributed by atoms with Gasteiger partial charge in [0.1, 0.15) is 17.1 Å². The van der Waals surface area contributed by atoms with Crippen molar-refractivity contribution in [1.82, 2.24) is 15.0 Å². The van der Waals surface area contributed by atoms with E-state index in [4.69, 9.17) is 4.74 Å². The molecule has 2 heterocycles. The number of hydrogen-bond donors (Lipinski definition) is 1.